The van der Waals surface area contributed by atoms with Crippen LogP contribution in [0.1, 0.15) is 40.5 Å². The number of esters is 2. The summed E-state index contributed by atoms with van der Waals surface area (Å²) in [6, 6.07) is 0. The lowest BCUT2D eigenvalue weighted by Crippen LogP contribution is -2.39. The van der Waals surface area contributed by atoms with Crippen molar-refractivity contribution in [2.75, 3.05) is 60.7 Å². The zero-order chi connectivity index (χ0) is 23.6. The van der Waals surface area contributed by atoms with Gasteiger partial charge in [0, 0.05) is 0 Å². The minimum atomic E-state index is -4.48. The molecule has 0 radical (unpaired) electrons. The van der Waals surface area contributed by atoms with Gasteiger partial charge in [-0.15, -0.1) is 0 Å². The third kappa shape index (κ3) is 11.4. The fourth-order valence-corrected chi connectivity index (χ4v) is 3.32. The van der Waals surface area contributed by atoms with E-state index in [4.69, 9.17) is 23.6 Å². The van der Waals surface area contributed by atoms with Gasteiger partial charge in [0.05, 0.1) is 45.2 Å². The average Bonchev–Trinajstić information content (AvgIpc) is 2.61. The number of phosphoric acid groups is 1. The molecule has 0 aliphatic rings. The molecule has 0 bridgehead atoms. The Labute approximate surface area is 179 Å². The molecule has 0 aromatic carbocycles. The maximum atomic E-state index is 12.6. The lowest BCUT2D eigenvalue weighted by molar-refractivity contribution is -0.870. The van der Waals surface area contributed by atoms with E-state index in [1.165, 1.54) is 0 Å². The SMILES string of the molecule is CCC(C)(CC(C)(C)C(=O)OCCO)C(=O)OCCOP(=O)([O-])OCC[N+](C)(C)C. The summed E-state index contributed by atoms with van der Waals surface area (Å²) < 4.78 is 31.9. The zero-order valence-corrected chi connectivity index (χ0v) is 20.2. The molecule has 30 heavy (non-hydrogen) atoms. The molecule has 0 saturated heterocycles. The second kappa shape index (κ2) is 12.1. The van der Waals surface area contributed by atoms with E-state index in [0.29, 0.717) is 17.4 Å². The van der Waals surface area contributed by atoms with E-state index in [9.17, 15) is 19.0 Å². The van der Waals surface area contributed by atoms with Crippen LogP contribution in [0.4, 0.5) is 0 Å². The molecule has 11 heteroatoms. The Hall–Kier alpha value is -1.03. The first kappa shape index (κ1) is 29.0. The molecule has 0 aliphatic heterocycles. The van der Waals surface area contributed by atoms with Gasteiger partial charge >= 0.3 is 11.9 Å². The number of hydrogen-bond donors (Lipinski definition) is 1. The number of hydrogen-bond acceptors (Lipinski definition) is 9. The standard InChI is InChI=1S/C19H38NO9P/c1-8-19(4,15-18(2,3)16(22)26-12-10-21)17(23)27-13-14-29-30(24,25)28-11-9-20(5,6)7/h21H,8-15H2,1-7H3. The fraction of sp³-hybridized carbons (Fsp3) is 0.895. The number of quaternary nitrogens is 1. The third-order valence-corrected chi connectivity index (χ3v) is 5.56. The van der Waals surface area contributed by atoms with Gasteiger partial charge in [0.25, 0.3) is 7.82 Å². The van der Waals surface area contributed by atoms with E-state index in [1.54, 1.807) is 27.7 Å². The van der Waals surface area contributed by atoms with Crippen molar-refractivity contribution in [3.05, 3.63) is 0 Å². The highest BCUT2D eigenvalue weighted by atomic mass is 31.2. The number of nitrogens with zero attached hydrogens (tertiary/aromatic N) is 1. The van der Waals surface area contributed by atoms with Gasteiger partial charge in [0.15, 0.2) is 0 Å². The number of ether oxygens (including phenoxy) is 2. The number of phosphoric ester groups is 1. The minimum absolute atomic E-state index is 0.0144. The molecule has 2 atom stereocenters. The van der Waals surface area contributed by atoms with Gasteiger partial charge in [-0.1, -0.05) is 6.92 Å². The number of carbonyl (C=O) groups excluding carboxylic acids is 2. The van der Waals surface area contributed by atoms with Crippen molar-refractivity contribution in [1.29, 1.82) is 0 Å². The summed E-state index contributed by atoms with van der Waals surface area (Å²) in [6.07, 6.45) is 0.562. The second-order valence-corrected chi connectivity index (χ2v) is 10.5. The van der Waals surface area contributed by atoms with Crippen molar-refractivity contribution in [3.63, 3.8) is 0 Å². The molecule has 0 saturated carbocycles. The summed E-state index contributed by atoms with van der Waals surface area (Å²) in [5.41, 5.74) is -1.95. The summed E-state index contributed by atoms with van der Waals surface area (Å²) >= 11 is 0. The van der Waals surface area contributed by atoms with Crippen LogP contribution in [0.3, 0.4) is 0 Å². The van der Waals surface area contributed by atoms with Gasteiger partial charge in [0.2, 0.25) is 0 Å². The van der Waals surface area contributed by atoms with E-state index in [-0.39, 0.29) is 39.5 Å². The summed E-state index contributed by atoms with van der Waals surface area (Å²) in [7, 11) is 1.23. The van der Waals surface area contributed by atoms with Gasteiger partial charge in [0.1, 0.15) is 26.4 Å². The first-order valence-electron chi connectivity index (χ1n) is 9.94. The predicted molar refractivity (Wildman–Crippen MR) is 108 cm³/mol. The molecule has 1 N–H and O–H groups in total. The topological polar surface area (TPSA) is 131 Å². The van der Waals surface area contributed by atoms with Crippen LogP contribution < -0.4 is 4.89 Å². The normalized spacial score (nSPS) is 16.4. The number of carbonyl (C=O) groups is 2. The molecule has 178 valence electrons. The Morgan fingerprint density at radius 2 is 1.50 bits per heavy atom. The smallest absolute Gasteiger partial charge is 0.311 e. The first-order valence-corrected chi connectivity index (χ1v) is 11.4. The van der Waals surface area contributed by atoms with E-state index < -0.39 is 30.6 Å². The number of rotatable bonds is 15. The van der Waals surface area contributed by atoms with Gasteiger partial charge in [-0.05, 0) is 33.6 Å². The maximum absolute atomic E-state index is 12.6. The minimum Gasteiger partial charge on any atom is -0.756 e. The number of aliphatic hydroxyl groups excluding tert-OH is 1. The Morgan fingerprint density at radius 3 is 2.00 bits per heavy atom. The van der Waals surface area contributed by atoms with Crippen LogP contribution in [0.15, 0.2) is 0 Å². The largest absolute Gasteiger partial charge is 0.756 e. The van der Waals surface area contributed by atoms with Crippen LogP contribution in [0.5, 0.6) is 0 Å². The van der Waals surface area contributed by atoms with Gasteiger partial charge in [-0.2, -0.15) is 0 Å². The molecule has 0 fully saturated rings. The lowest BCUT2D eigenvalue weighted by atomic mass is 9.72. The highest BCUT2D eigenvalue weighted by Crippen LogP contribution is 2.39. The van der Waals surface area contributed by atoms with Crippen molar-refractivity contribution in [3.8, 4) is 0 Å². The Balaban J connectivity index is 4.61. The first-order chi connectivity index (χ1) is 13.6. The average molecular weight is 455 g/mol. The second-order valence-electron chi connectivity index (χ2n) is 9.10. The Kier molecular flexibility index (Phi) is 11.7. The van der Waals surface area contributed by atoms with Crippen LogP contribution in [0.2, 0.25) is 0 Å². The summed E-state index contributed by atoms with van der Waals surface area (Å²) in [5, 5.41) is 8.79. The van der Waals surface area contributed by atoms with Crippen molar-refractivity contribution in [2.45, 2.75) is 40.5 Å². The molecule has 0 spiro atoms. The molecule has 2 unspecified atom stereocenters. The number of likely N-dealkylation sites (N-methyl/N-ethyl adjacent to an activating group) is 1. The highest BCUT2D eigenvalue weighted by Gasteiger charge is 2.42. The maximum Gasteiger partial charge on any atom is 0.311 e. The fourth-order valence-electron chi connectivity index (χ4n) is 2.64. The van der Waals surface area contributed by atoms with Crippen molar-refractivity contribution in [1.82, 2.24) is 0 Å². The summed E-state index contributed by atoms with van der Waals surface area (Å²) in [6.45, 7) is 6.21. The molecule has 10 nitrogen and oxygen atoms in total. The van der Waals surface area contributed by atoms with E-state index >= 15 is 0 Å². The van der Waals surface area contributed by atoms with Gasteiger partial charge in [-0.3, -0.25) is 14.2 Å². The molecule has 0 aliphatic carbocycles. The summed E-state index contributed by atoms with van der Waals surface area (Å²) in [5.74, 6) is -1.09. The Bertz CT molecular complexity index is 603. The highest BCUT2D eigenvalue weighted by molar-refractivity contribution is 7.45. The predicted octanol–water partition coefficient (Wildman–Crippen LogP) is 1.11. The van der Waals surface area contributed by atoms with E-state index in [1.807, 2.05) is 21.1 Å². The van der Waals surface area contributed by atoms with Crippen LogP contribution in [0, 0.1) is 10.8 Å². The number of aliphatic hydroxyl groups is 1. The van der Waals surface area contributed by atoms with Crippen LogP contribution in [0.25, 0.3) is 0 Å². The van der Waals surface area contributed by atoms with E-state index in [0.717, 1.165) is 0 Å². The van der Waals surface area contributed by atoms with Crippen LogP contribution in [-0.4, -0.2) is 82.3 Å². The van der Waals surface area contributed by atoms with Crippen LogP contribution >= 0.6 is 7.82 Å². The van der Waals surface area contributed by atoms with E-state index in [2.05, 4.69) is 0 Å². The Morgan fingerprint density at radius 1 is 0.967 bits per heavy atom. The monoisotopic (exact) mass is 455 g/mol. The van der Waals surface area contributed by atoms with Crippen LogP contribution in [-0.2, 0) is 32.7 Å². The lowest BCUT2D eigenvalue weighted by Gasteiger charge is -2.33. The molecule has 0 heterocycles. The van der Waals surface area contributed by atoms with Gasteiger partial charge < -0.3 is 33.0 Å². The molecular formula is C19H38NO9P. The molecule has 0 aromatic rings. The third-order valence-electron chi connectivity index (χ3n) is 4.56. The molecular weight excluding hydrogens is 417 g/mol. The molecule has 0 aromatic heterocycles. The van der Waals surface area contributed by atoms with Gasteiger partial charge in [-0.25, -0.2) is 0 Å². The van der Waals surface area contributed by atoms with Crippen molar-refractivity contribution < 1.29 is 47.2 Å². The van der Waals surface area contributed by atoms with Crippen molar-refractivity contribution in [2.24, 2.45) is 10.8 Å². The summed E-state index contributed by atoms with van der Waals surface area (Å²) in [4.78, 5) is 36.5. The zero-order valence-electron chi connectivity index (χ0n) is 19.3. The van der Waals surface area contributed by atoms with Crippen molar-refractivity contribution >= 4 is 19.8 Å². The molecule has 0 amide bonds. The quantitative estimate of drug-likeness (QED) is 0.167. The molecule has 0 rings (SSSR count).